The first-order chi connectivity index (χ1) is 14.1. The molecule has 1 saturated heterocycles. The molecule has 0 radical (unpaired) electrons. The molecule has 1 fully saturated rings. The van der Waals surface area contributed by atoms with Crippen LogP contribution in [0, 0.1) is 0 Å². The number of carbonyl (C=O) groups is 1. The van der Waals surface area contributed by atoms with Crippen LogP contribution < -0.4 is 10.3 Å². The zero-order chi connectivity index (χ0) is 20.2. The maximum Gasteiger partial charge on any atom is 0.256 e. The highest BCUT2D eigenvalue weighted by Crippen LogP contribution is 2.34. The molecule has 0 spiro atoms. The van der Waals surface area contributed by atoms with Gasteiger partial charge in [-0.3, -0.25) is 14.5 Å². The average molecular weight is 390 g/mol. The van der Waals surface area contributed by atoms with Gasteiger partial charge in [-0.25, -0.2) is 0 Å². The second kappa shape index (κ2) is 8.62. The van der Waals surface area contributed by atoms with Gasteiger partial charge in [0.05, 0.1) is 11.1 Å². The Morgan fingerprint density at radius 2 is 1.79 bits per heavy atom. The number of aromatic nitrogens is 1. The average Bonchev–Trinajstić information content (AvgIpc) is 2.76. The maximum absolute atomic E-state index is 12.8. The Morgan fingerprint density at radius 1 is 1.03 bits per heavy atom. The van der Waals surface area contributed by atoms with Crippen LogP contribution in [0.1, 0.15) is 36.5 Å². The number of fused-ring (bicyclic) bond motifs is 1. The summed E-state index contributed by atoms with van der Waals surface area (Å²) < 4.78 is 6.27. The fourth-order valence-electron chi connectivity index (χ4n) is 3.94. The third-order valence-electron chi connectivity index (χ3n) is 5.55. The molecule has 29 heavy (non-hydrogen) atoms. The van der Waals surface area contributed by atoms with E-state index in [0.29, 0.717) is 29.0 Å². The van der Waals surface area contributed by atoms with Gasteiger partial charge in [0.25, 0.3) is 5.56 Å². The highest BCUT2D eigenvalue weighted by Gasteiger charge is 2.17. The number of piperidine rings is 1. The molecule has 4 rings (SSSR count). The zero-order valence-electron chi connectivity index (χ0n) is 16.7. The molecule has 150 valence electrons. The van der Waals surface area contributed by atoms with Gasteiger partial charge in [-0.05, 0) is 45.0 Å². The standard InChI is InChI=1S/C24H26N2O3/c1-17(27)19-10-11-20-21(16-19)24(28)25-22(18-8-4-2-5-9-18)23(20)29-15-14-26-12-6-3-7-13-26/h2,4-5,8-11,16H,3,6-7,12-15H2,1H3,(H,25,28). The van der Waals surface area contributed by atoms with Gasteiger partial charge in [0.2, 0.25) is 0 Å². The summed E-state index contributed by atoms with van der Waals surface area (Å²) >= 11 is 0. The number of hydrogen-bond acceptors (Lipinski definition) is 4. The lowest BCUT2D eigenvalue weighted by Gasteiger charge is -2.26. The van der Waals surface area contributed by atoms with Crippen molar-refractivity contribution in [1.29, 1.82) is 0 Å². The van der Waals surface area contributed by atoms with Gasteiger partial charge in [0.15, 0.2) is 11.5 Å². The van der Waals surface area contributed by atoms with Crippen molar-refractivity contribution in [2.75, 3.05) is 26.2 Å². The fraction of sp³-hybridized carbons (Fsp3) is 0.333. The summed E-state index contributed by atoms with van der Waals surface area (Å²) in [4.78, 5) is 30.0. The highest BCUT2D eigenvalue weighted by atomic mass is 16.5. The van der Waals surface area contributed by atoms with Gasteiger partial charge in [-0.2, -0.15) is 0 Å². The summed E-state index contributed by atoms with van der Waals surface area (Å²) in [7, 11) is 0. The van der Waals surface area contributed by atoms with E-state index in [-0.39, 0.29) is 11.3 Å². The van der Waals surface area contributed by atoms with Gasteiger partial charge >= 0.3 is 0 Å². The van der Waals surface area contributed by atoms with Crippen molar-refractivity contribution in [3.63, 3.8) is 0 Å². The summed E-state index contributed by atoms with van der Waals surface area (Å²) in [5, 5.41) is 1.21. The normalized spacial score (nSPS) is 14.8. The Bertz CT molecular complexity index is 1070. The second-order valence-electron chi connectivity index (χ2n) is 7.59. The van der Waals surface area contributed by atoms with Gasteiger partial charge in [0.1, 0.15) is 6.61 Å². The number of hydrogen-bond donors (Lipinski definition) is 1. The number of rotatable bonds is 6. The van der Waals surface area contributed by atoms with Crippen LogP contribution in [-0.2, 0) is 0 Å². The maximum atomic E-state index is 12.8. The largest absolute Gasteiger partial charge is 0.489 e. The predicted octanol–water partition coefficient (Wildman–Crippen LogP) is 4.26. The molecule has 5 nitrogen and oxygen atoms in total. The number of ether oxygens (including phenoxy) is 1. The number of Topliss-reactive ketones (excluding diaryl/α,β-unsaturated/α-hetero) is 1. The Labute approximate surface area is 170 Å². The molecule has 5 heteroatoms. The molecule has 2 aromatic carbocycles. The van der Waals surface area contributed by atoms with Crippen molar-refractivity contribution in [3.8, 4) is 17.0 Å². The molecule has 1 aliphatic rings. The Morgan fingerprint density at radius 3 is 2.52 bits per heavy atom. The Kier molecular flexibility index (Phi) is 5.76. The number of pyridine rings is 1. The summed E-state index contributed by atoms with van der Waals surface area (Å²) in [5.74, 6) is 0.601. The van der Waals surface area contributed by atoms with Crippen LogP contribution in [0.4, 0.5) is 0 Å². The van der Waals surface area contributed by atoms with Crippen LogP contribution in [0.3, 0.4) is 0 Å². The highest BCUT2D eigenvalue weighted by molar-refractivity contribution is 6.00. The molecule has 0 aliphatic carbocycles. The number of nitrogens with zero attached hydrogens (tertiary/aromatic N) is 1. The van der Waals surface area contributed by atoms with Crippen molar-refractivity contribution in [3.05, 3.63) is 64.4 Å². The third-order valence-corrected chi connectivity index (χ3v) is 5.55. The summed E-state index contributed by atoms with van der Waals surface area (Å²) in [6.07, 6.45) is 3.79. The zero-order valence-corrected chi connectivity index (χ0v) is 16.7. The topological polar surface area (TPSA) is 62.4 Å². The lowest BCUT2D eigenvalue weighted by molar-refractivity contribution is 0.101. The molecular weight excluding hydrogens is 364 g/mol. The lowest BCUT2D eigenvalue weighted by Crippen LogP contribution is -2.33. The summed E-state index contributed by atoms with van der Waals surface area (Å²) in [6.45, 7) is 5.14. The first-order valence-corrected chi connectivity index (χ1v) is 10.2. The number of likely N-dealkylation sites (tertiary alicyclic amines) is 1. The van der Waals surface area contributed by atoms with Gasteiger partial charge in [0, 0.05) is 23.1 Å². The summed E-state index contributed by atoms with van der Waals surface area (Å²) in [5.41, 5.74) is 1.88. The quantitative estimate of drug-likeness (QED) is 0.639. The van der Waals surface area contributed by atoms with Crippen molar-refractivity contribution < 1.29 is 9.53 Å². The minimum atomic E-state index is -0.217. The summed E-state index contributed by atoms with van der Waals surface area (Å²) in [6, 6.07) is 15.0. The van der Waals surface area contributed by atoms with Crippen LogP contribution in [0.15, 0.2) is 53.3 Å². The number of H-pyrrole nitrogens is 1. The van der Waals surface area contributed by atoms with Crippen molar-refractivity contribution >= 4 is 16.6 Å². The van der Waals surface area contributed by atoms with E-state index in [4.69, 9.17) is 4.74 Å². The molecule has 1 N–H and O–H groups in total. The second-order valence-corrected chi connectivity index (χ2v) is 7.59. The molecule has 0 amide bonds. The van der Waals surface area contributed by atoms with E-state index in [1.165, 1.54) is 26.2 Å². The van der Waals surface area contributed by atoms with Crippen LogP contribution in [-0.4, -0.2) is 41.9 Å². The number of nitrogens with one attached hydrogen (secondary N) is 1. The minimum absolute atomic E-state index is 0.0639. The van der Waals surface area contributed by atoms with Crippen LogP contribution in [0.5, 0.6) is 5.75 Å². The first kappa shape index (κ1) is 19.4. The molecule has 1 aliphatic heterocycles. The van der Waals surface area contributed by atoms with Crippen LogP contribution >= 0.6 is 0 Å². The molecule has 0 unspecified atom stereocenters. The van der Waals surface area contributed by atoms with Crippen LogP contribution in [0.2, 0.25) is 0 Å². The molecule has 0 saturated carbocycles. The van der Waals surface area contributed by atoms with E-state index >= 15 is 0 Å². The minimum Gasteiger partial charge on any atom is -0.489 e. The van der Waals surface area contributed by atoms with E-state index in [1.807, 2.05) is 36.4 Å². The SMILES string of the molecule is CC(=O)c1ccc2c(OCCN3CCCCC3)c(-c3ccccc3)[nH]c(=O)c2c1. The van der Waals surface area contributed by atoms with Crippen molar-refractivity contribution in [1.82, 2.24) is 9.88 Å². The third kappa shape index (κ3) is 4.25. The van der Waals surface area contributed by atoms with Gasteiger partial charge in [-0.15, -0.1) is 0 Å². The molecule has 3 aromatic rings. The Balaban J connectivity index is 1.74. The number of ketones is 1. The predicted molar refractivity (Wildman–Crippen MR) is 116 cm³/mol. The molecular formula is C24H26N2O3. The first-order valence-electron chi connectivity index (χ1n) is 10.2. The van der Waals surface area contributed by atoms with Gasteiger partial charge in [-0.1, -0.05) is 42.8 Å². The lowest BCUT2D eigenvalue weighted by atomic mass is 10.0. The van der Waals surface area contributed by atoms with E-state index < -0.39 is 0 Å². The molecule has 1 aromatic heterocycles. The van der Waals surface area contributed by atoms with E-state index in [9.17, 15) is 9.59 Å². The number of aromatic amines is 1. The molecule has 0 bridgehead atoms. The van der Waals surface area contributed by atoms with E-state index in [0.717, 1.165) is 30.6 Å². The van der Waals surface area contributed by atoms with Crippen molar-refractivity contribution in [2.45, 2.75) is 26.2 Å². The Hall–Kier alpha value is -2.92. The van der Waals surface area contributed by atoms with Gasteiger partial charge < -0.3 is 9.72 Å². The fourth-order valence-corrected chi connectivity index (χ4v) is 3.94. The van der Waals surface area contributed by atoms with E-state index in [2.05, 4.69) is 9.88 Å². The molecule has 2 heterocycles. The van der Waals surface area contributed by atoms with Crippen LogP contribution in [0.25, 0.3) is 22.0 Å². The van der Waals surface area contributed by atoms with Crippen molar-refractivity contribution in [2.24, 2.45) is 0 Å². The monoisotopic (exact) mass is 390 g/mol. The van der Waals surface area contributed by atoms with E-state index in [1.54, 1.807) is 12.1 Å². The molecule has 0 atom stereocenters. The number of benzene rings is 2. The number of carbonyl (C=O) groups excluding carboxylic acids is 1. The smallest absolute Gasteiger partial charge is 0.256 e.